The minimum absolute atomic E-state index is 0.411. The van der Waals surface area contributed by atoms with E-state index in [-0.39, 0.29) is 0 Å². The fraction of sp³-hybridized carbons (Fsp3) is 0.556. The number of nitrogens with one attached hydrogen (secondary N) is 1. The van der Waals surface area contributed by atoms with Gasteiger partial charge in [0.1, 0.15) is 5.52 Å². The summed E-state index contributed by atoms with van der Waals surface area (Å²) in [5.74, 6) is 0.587. The minimum Gasteiger partial charge on any atom is -0.478 e. The molecular weight excluding hydrogens is 324 g/mol. The van der Waals surface area contributed by atoms with Gasteiger partial charge in [-0.25, -0.2) is 9.97 Å². The zero-order valence-corrected chi connectivity index (χ0v) is 15.3. The van der Waals surface area contributed by atoms with Gasteiger partial charge in [0.15, 0.2) is 5.15 Å². The molecule has 3 rings (SSSR count). The van der Waals surface area contributed by atoms with E-state index < -0.39 is 0 Å². The maximum absolute atomic E-state index is 6.24. The van der Waals surface area contributed by atoms with Gasteiger partial charge in [-0.15, -0.1) is 0 Å². The smallest absolute Gasteiger partial charge is 0.215 e. The SMILES string of the molecule is CCOc1cc(NC2CCC(N(C)C)CC2)c2ccnc(Cl)c2n1. The van der Waals surface area contributed by atoms with E-state index in [0.29, 0.717) is 35.2 Å². The van der Waals surface area contributed by atoms with Crippen molar-refractivity contribution in [2.75, 3.05) is 26.0 Å². The Morgan fingerprint density at radius 2 is 2.04 bits per heavy atom. The number of halogens is 1. The second-order valence-electron chi connectivity index (χ2n) is 6.55. The maximum atomic E-state index is 6.24. The third-order valence-corrected chi connectivity index (χ3v) is 5.02. The molecule has 2 aromatic rings. The van der Waals surface area contributed by atoms with Crippen LogP contribution in [-0.2, 0) is 0 Å². The van der Waals surface area contributed by atoms with E-state index in [0.717, 1.165) is 23.9 Å². The standard InChI is InChI=1S/C18H25ClN4O/c1-4-24-16-11-15(14-9-10-20-18(19)17(14)22-16)21-12-5-7-13(8-6-12)23(2)3/h9-13H,4-8H2,1-3H3,(H,21,22). The van der Waals surface area contributed by atoms with Crippen molar-refractivity contribution in [3.05, 3.63) is 23.5 Å². The molecule has 130 valence electrons. The average molecular weight is 349 g/mol. The van der Waals surface area contributed by atoms with Crippen LogP contribution < -0.4 is 10.1 Å². The normalized spacial score (nSPS) is 21.2. The maximum Gasteiger partial charge on any atom is 0.215 e. The van der Waals surface area contributed by atoms with Gasteiger partial charge in [0.2, 0.25) is 5.88 Å². The molecule has 0 spiro atoms. The predicted molar refractivity (Wildman–Crippen MR) is 99.1 cm³/mol. The third kappa shape index (κ3) is 3.73. The molecule has 0 aromatic carbocycles. The van der Waals surface area contributed by atoms with Gasteiger partial charge in [0.05, 0.1) is 6.61 Å². The molecule has 24 heavy (non-hydrogen) atoms. The van der Waals surface area contributed by atoms with Gasteiger partial charge in [-0.05, 0) is 52.8 Å². The number of aromatic nitrogens is 2. The highest BCUT2D eigenvalue weighted by Gasteiger charge is 2.23. The van der Waals surface area contributed by atoms with E-state index in [4.69, 9.17) is 16.3 Å². The van der Waals surface area contributed by atoms with E-state index in [1.807, 2.05) is 19.1 Å². The van der Waals surface area contributed by atoms with Crippen LogP contribution in [0.1, 0.15) is 32.6 Å². The topological polar surface area (TPSA) is 50.3 Å². The van der Waals surface area contributed by atoms with E-state index in [1.165, 1.54) is 12.8 Å². The van der Waals surface area contributed by atoms with Gasteiger partial charge in [-0.1, -0.05) is 11.6 Å². The Labute approximate surface area is 148 Å². The lowest BCUT2D eigenvalue weighted by Gasteiger charge is -2.33. The number of fused-ring (bicyclic) bond motifs is 1. The average Bonchev–Trinajstić information content (AvgIpc) is 2.57. The Morgan fingerprint density at radius 3 is 2.71 bits per heavy atom. The van der Waals surface area contributed by atoms with Crippen molar-refractivity contribution in [3.8, 4) is 5.88 Å². The molecule has 1 N–H and O–H groups in total. The Morgan fingerprint density at radius 1 is 1.29 bits per heavy atom. The van der Waals surface area contributed by atoms with Gasteiger partial charge in [-0.2, -0.15) is 0 Å². The van der Waals surface area contributed by atoms with Crippen LogP contribution in [0.2, 0.25) is 5.15 Å². The van der Waals surface area contributed by atoms with E-state index in [9.17, 15) is 0 Å². The Hall–Kier alpha value is -1.59. The highest BCUT2D eigenvalue weighted by atomic mass is 35.5. The van der Waals surface area contributed by atoms with Crippen LogP contribution in [0.3, 0.4) is 0 Å². The van der Waals surface area contributed by atoms with Crippen molar-refractivity contribution in [2.24, 2.45) is 0 Å². The van der Waals surface area contributed by atoms with E-state index in [2.05, 4.69) is 34.3 Å². The Balaban J connectivity index is 1.84. The number of hydrogen-bond donors (Lipinski definition) is 1. The highest BCUT2D eigenvalue weighted by molar-refractivity contribution is 6.34. The number of pyridine rings is 2. The summed E-state index contributed by atoms with van der Waals surface area (Å²) in [6.45, 7) is 2.52. The summed E-state index contributed by atoms with van der Waals surface area (Å²) in [4.78, 5) is 11.0. The highest BCUT2D eigenvalue weighted by Crippen LogP contribution is 2.32. The summed E-state index contributed by atoms with van der Waals surface area (Å²) in [7, 11) is 4.33. The minimum atomic E-state index is 0.411. The largest absolute Gasteiger partial charge is 0.478 e. The third-order valence-electron chi connectivity index (χ3n) is 4.74. The van der Waals surface area contributed by atoms with E-state index >= 15 is 0 Å². The monoisotopic (exact) mass is 348 g/mol. The summed E-state index contributed by atoms with van der Waals surface area (Å²) in [6.07, 6.45) is 6.48. The van der Waals surface area contributed by atoms with Crippen molar-refractivity contribution in [1.82, 2.24) is 14.9 Å². The lowest BCUT2D eigenvalue weighted by molar-refractivity contribution is 0.221. The second-order valence-corrected chi connectivity index (χ2v) is 6.91. The molecule has 0 amide bonds. The molecule has 2 heterocycles. The van der Waals surface area contributed by atoms with Crippen molar-refractivity contribution < 1.29 is 4.74 Å². The van der Waals surface area contributed by atoms with Gasteiger partial charge >= 0.3 is 0 Å². The number of anilines is 1. The van der Waals surface area contributed by atoms with Crippen LogP contribution in [0.25, 0.3) is 10.9 Å². The molecule has 5 nitrogen and oxygen atoms in total. The summed E-state index contributed by atoms with van der Waals surface area (Å²) in [6, 6.07) is 5.08. The fourth-order valence-corrected chi connectivity index (χ4v) is 3.59. The molecule has 0 saturated heterocycles. The molecule has 2 aromatic heterocycles. The number of nitrogens with zero attached hydrogens (tertiary/aromatic N) is 3. The summed E-state index contributed by atoms with van der Waals surface area (Å²) in [5, 5.41) is 5.09. The molecule has 0 radical (unpaired) electrons. The summed E-state index contributed by atoms with van der Waals surface area (Å²) < 4.78 is 5.60. The number of hydrogen-bond acceptors (Lipinski definition) is 5. The lowest BCUT2D eigenvalue weighted by atomic mass is 9.90. The Bertz CT molecular complexity index is 699. The number of rotatable bonds is 5. The first-order valence-electron chi connectivity index (χ1n) is 8.59. The van der Waals surface area contributed by atoms with Crippen molar-refractivity contribution in [1.29, 1.82) is 0 Å². The van der Waals surface area contributed by atoms with Crippen LogP contribution in [-0.4, -0.2) is 47.7 Å². The second kappa shape index (κ2) is 7.53. The van der Waals surface area contributed by atoms with Crippen LogP contribution in [0, 0.1) is 0 Å². The Kier molecular flexibility index (Phi) is 5.41. The quantitative estimate of drug-likeness (QED) is 0.828. The molecule has 1 aliphatic rings. The van der Waals surface area contributed by atoms with Crippen LogP contribution in [0.4, 0.5) is 5.69 Å². The van der Waals surface area contributed by atoms with Gasteiger partial charge < -0.3 is 15.0 Å². The predicted octanol–water partition coefficient (Wildman–Crippen LogP) is 3.97. The molecule has 0 unspecified atom stereocenters. The zero-order chi connectivity index (χ0) is 17.1. The fourth-order valence-electron chi connectivity index (χ4n) is 3.39. The van der Waals surface area contributed by atoms with Gasteiger partial charge in [0, 0.05) is 35.4 Å². The molecule has 1 saturated carbocycles. The van der Waals surface area contributed by atoms with Crippen LogP contribution in [0.15, 0.2) is 18.3 Å². The van der Waals surface area contributed by atoms with Crippen LogP contribution >= 0.6 is 11.6 Å². The van der Waals surface area contributed by atoms with Crippen molar-refractivity contribution >= 4 is 28.2 Å². The first-order valence-corrected chi connectivity index (χ1v) is 8.97. The van der Waals surface area contributed by atoms with E-state index in [1.54, 1.807) is 6.20 Å². The molecule has 1 fully saturated rings. The first-order chi connectivity index (χ1) is 11.6. The van der Waals surface area contributed by atoms with Crippen LogP contribution in [0.5, 0.6) is 5.88 Å². The zero-order valence-electron chi connectivity index (χ0n) is 14.6. The molecular formula is C18H25ClN4O. The molecule has 6 heteroatoms. The summed E-state index contributed by atoms with van der Waals surface area (Å²) in [5.41, 5.74) is 1.72. The van der Waals surface area contributed by atoms with Crippen molar-refractivity contribution in [3.63, 3.8) is 0 Å². The summed E-state index contributed by atoms with van der Waals surface area (Å²) >= 11 is 6.24. The number of ether oxygens (including phenoxy) is 1. The molecule has 0 bridgehead atoms. The first kappa shape index (κ1) is 17.2. The molecule has 1 aliphatic carbocycles. The molecule has 0 aliphatic heterocycles. The van der Waals surface area contributed by atoms with Gasteiger partial charge in [0.25, 0.3) is 0 Å². The van der Waals surface area contributed by atoms with Crippen molar-refractivity contribution in [2.45, 2.75) is 44.7 Å². The lowest BCUT2D eigenvalue weighted by Crippen LogP contribution is -2.36. The molecule has 0 atom stereocenters. The van der Waals surface area contributed by atoms with Gasteiger partial charge in [-0.3, -0.25) is 0 Å².